The Morgan fingerprint density at radius 3 is 2.43 bits per heavy atom. The van der Waals surface area contributed by atoms with Crippen molar-refractivity contribution in [3.63, 3.8) is 0 Å². The Hall–Kier alpha value is -3.15. The summed E-state index contributed by atoms with van der Waals surface area (Å²) in [6.45, 7) is 0.174. The molecule has 2 aromatic rings. The van der Waals surface area contributed by atoms with Gasteiger partial charge in [-0.2, -0.15) is 5.26 Å². The molecule has 2 aromatic carbocycles. The summed E-state index contributed by atoms with van der Waals surface area (Å²) in [5.41, 5.74) is -0.892. The van der Waals surface area contributed by atoms with E-state index in [1.807, 2.05) is 6.07 Å². The van der Waals surface area contributed by atoms with Gasteiger partial charge in [0.25, 0.3) is 11.6 Å². The lowest BCUT2D eigenvalue weighted by atomic mass is 9.86. The van der Waals surface area contributed by atoms with Crippen molar-refractivity contribution in [2.24, 2.45) is 5.92 Å². The zero-order chi connectivity index (χ0) is 20.5. The SMILES string of the molecule is N#Cc1ccc(N2CCC(C(F)(F)c3cc(F)ccc3F)CC2)c([N+](=O)[O-])c1. The fourth-order valence-corrected chi connectivity index (χ4v) is 3.46. The highest BCUT2D eigenvalue weighted by Crippen LogP contribution is 2.44. The molecule has 0 saturated carbocycles. The zero-order valence-electron chi connectivity index (χ0n) is 14.5. The van der Waals surface area contributed by atoms with Crippen LogP contribution in [-0.4, -0.2) is 18.0 Å². The van der Waals surface area contributed by atoms with Gasteiger partial charge in [-0.15, -0.1) is 0 Å². The number of nitrogens with zero attached hydrogens (tertiary/aromatic N) is 3. The number of benzene rings is 2. The minimum Gasteiger partial charge on any atom is -0.366 e. The average Bonchev–Trinajstić information content (AvgIpc) is 2.69. The first kappa shape index (κ1) is 19.6. The summed E-state index contributed by atoms with van der Waals surface area (Å²) in [5, 5.41) is 20.2. The fourth-order valence-electron chi connectivity index (χ4n) is 3.46. The monoisotopic (exact) mass is 393 g/mol. The predicted molar refractivity (Wildman–Crippen MR) is 93.0 cm³/mol. The van der Waals surface area contributed by atoms with E-state index in [0.29, 0.717) is 12.1 Å². The number of piperidine rings is 1. The number of hydrogen-bond donors (Lipinski definition) is 0. The van der Waals surface area contributed by atoms with Gasteiger partial charge in [-0.1, -0.05) is 0 Å². The number of alkyl halides is 2. The summed E-state index contributed by atoms with van der Waals surface area (Å²) in [6.07, 6.45) is -0.111. The van der Waals surface area contributed by atoms with Gasteiger partial charge in [0.2, 0.25) is 0 Å². The van der Waals surface area contributed by atoms with Crippen LogP contribution in [0.3, 0.4) is 0 Å². The molecule has 0 aromatic heterocycles. The van der Waals surface area contributed by atoms with Crippen LogP contribution in [0.5, 0.6) is 0 Å². The van der Waals surface area contributed by atoms with Gasteiger partial charge >= 0.3 is 0 Å². The first-order chi connectivity index (χ1) is 13.2. The number of nitro benzene ring substituents is 1. The molecular weight excluding hydrogens is 378 g/mol. The first-order valence-electron chi connectivity index (χ1n) is 8.51. The lowest BCUT2D eigenvalue weighted by molar-refractivity contribution is -0.384. The molecule has 0 radical (unpaired) electrons. The molecule has 0 unspecified atom stereocenters. The number of rotatable bonds is 4. The highest BCUT2D eigenvalue weighted by atomic mass is 19.3. The van der Waals surface area contributed by atoms with Gasteiger partial charge in [0.15, 0.2) is 0 Å². The molecule has 146 valence electrons. The van der Waals surface area contributed by atoms with Crippen LogP contribution in [-0.2, 0) is 5.92 Å². The second kappa shape index (κ2) is 7.46. The quantitative estimate of drug-likeness (QED) is 0.427. The zero-order valence-corrected chi connectivity index (χ0v) is 14.5. The summed E-state index contributed by atoms with van der Waals surface area (Å²) >= 11 is 0. The summed E-state index contributed by atoms with van der Waals surface area (Å²) in [5.74, 6) is -6.90. The number of nitriles is 1. The van der Waals surface area contributed by atoms with Crippen molar-refractivity contribution in [3.8, 4) is 6.07 Å². The maximum atomic E-state index is 14.7. The molecule has 1 fully saturated rings. The molecule has 0 amide bonds. The van der Waals surface area contributed by atoms with Crippen LogP contribution in [0.4, 0.5) is 28.9 Å². The standard InChI is InChI=1S/C19H15F4N3O2/c20-14-2-3-16(21)15(10-14)19(22,23)13-5-7-25(8-6-13)17-4-1-12(11-24)9-18(17)26(27)28/h1-4,9-10,13H,5-8H2. The molecule has 0 atom stereocenters. The van der Waals surface area contributed by atoms with Crippen LogP contribution in [0.25, 0.3) is 0 Å². The molecule has 0 spiro atoms. The van der Waals surface area contributed by atoms with E-state index >= 15 is 0 Å². The largest absolute Gasteiger partial charge is 0.366 e. The molecule has 5 nitrogen and oxygen atoms in total. The third-order valence-electron chi connectivity index (χ3n) is 4.94. The molecular formula is C19H15F4N3O2. The lowest BCUT2D eigenvalue weighted by Crippen LogP contribution is -2.40. The van der Waals surface area contributed by atoms with Crippen LogP contribution in [0.1, 0.15) is 24.0 Å². The van der Waals surface area contributed by atoms with Crippen LogP contribution < -0.4 is 4.90 Å². The Bertz CT molecular complexity index is 951. The maximum absolute atomic E-state index is 14.7. The van der Waals surface area contributed by atoms with Gasteiger partial charge in [-0.05, 0) is 43.2 Å². The molecule has 3 rings (SSSR count). The molecule has 9 heteroatoms. The van der Waals surface area contributed by atoms with E-state index in [4.69, 9.17) is 5.26 Å². The van der Waals surface area contributed by atoms with Crippen molar-refractivity contribution in [1.82, 2.24) is 0 Å². The third kappa shape index (κ3) is 3.63. The summed E-state index contributed by atoms with van der Waals surface area (Å²) < 4.78 is 56.6. The third-order valence-corrected chi connectivity index (χ3v) is 4.94. The second-order valence-electron chi connectivity index (χ2n) is 6.58. The maximum Gasteiger partial charge on any atom is 0.293 e. The Morgan fingerprint density at radius 1 is 1.14 bits per heavy atom. The van der Waals surface area contributed by atoms with E-state index in [1.54, 1.807) is 4.90 Å². The normalized spacial score (nSPS) is 15.3. The van der Waals surface area contributed by atoms with Crippen LogP contribution in [0, 0.1) is 39.0 Å². The van der Waals surface area contributed by atoms with Crippen LogP contribution in [0.15, 0.2) is 36.4 Å². The predicted octanol–water partition coefficient (Wildman–Crippen LogP) is 4.75. The van der Waals surface area contributed by atoms with Crippen molar-refractivity contribution in [1.29, 1.82) is 5.26 Å². The Morgan fingerprint density at radius 2 is 1.82 bits per heavy atom. The smallest absolute Gasteiger partial charge is 0.293 e. The van der Waals surface area contributed by atoms with E-state index in [2.05, 4.69) is 0 Å². The van der Waals surface area contributed by atoms with Crippen molar-refractivity contribution in [3.05, 3.63) is 69.3 Å². The molecule has 1 saturated heterocycles. The first-order valence-corrected chi connectivity index (χ1v) is 8.51. The van der Waals surface area contributed by atoms with Crippen molar-refractivity contribution < 1.29 is 22.5 Å². The molecule has 1 aliphatic heterocycles. The van der Waals surface area contributed by atoms with Crippen LogP contribution in [0.2, 0.25) is 0 Å². The fraction of sp³-hybridized carbons (Fsp3) is 0.316. The van der Waals surface area contributed by atoms with Gasteiger partial charge in [0.1, 0.15) is 17.3 Å². The highest BCUT2D eigenvalue weighted by molar-refractivity contribution is 5.65. The van der Waals surface area contributed by atoms with E-state index in [1.165, 1.54) is 12.1 Å². The number of anilines is 1. The van der Waals surface area contributed by atoms with E-state index in [0.717, 1.165) is 12.1 Å². The second-order valence-corrected chi connectivity index (χ2v) is 6.58. The minimum absolute atomic E-state index is 0.0554. The highest BCUT2D eigenvalue weighted by Gasteiger charge is 2.45. The Labute approximate surface area is 158 Å². The molecule has 0 aliphatic carbocycles. The van der Waals surface area contributed by atoms with Crippen molar-refractivity contribution >= 4 is 11.4 Å². The number of nitro groups is 1. The molecule has 0 bridgehead atoms. The van der Waals surface area contributed by atoms with Gasteiger partial charge in [-0.25, -0.2) is 17.6 Å². The summed E-state index contributed by atoms with van der Waals surface area (Å²) in [6, 6.07) is 7.76. The Balaban J connectivity index is 1.80. The molecule has 0 N–H and O–H groups in total. The van der Waals surface area contributed by atoms with Gasteiger partial charge in [0.05, 0.1) is 22.1 Å². The molecule has 28 heavy (non-hydrogen) atoms. The number of hydrogen-bond acceptors (Lipinski definition) is 4. The van der Waals surface area contributed by atoms with Gasteiger partial charge < -0.3 is 4.90 Å². The Kier molecular flexibility index (Phi) is 5.23. The summed E-state index contributed by atoms with van der Waals surface area (Å²) in [4.78, 5) is 12.2. The van der Waals surface area contributed by atoms with Crippen molar-refractivity contribution in [2.45, 2.75) is 18.8 Å². The van der Waals surface area contributed by atoms with E-state index in [-0.39, 0.29) is 42.9 Å². The minimum atomic E-state index is -3.56. The number of halogens is 4. The van der Waals surface area contributed by atoms with Crippen LogP contribution >= 0.6 is 0 Å². The average molecular weight is 393 g/mol. The molecule has 1 aliphatic rings. The van der Waals surface area contributed by atoms with E-state index in [9.17, 15) is 27.7 Å². The van der Waals surface area contributed by atoms with Gasteiger partial charge in [-0.3, -0.25) is 10.1 Å². The van der Waals surface area contributed by atoms with Gasteiger partial charge in [0, 0.05) is 25.1 Å². The van der Waals surface area contributed by atoms with E-state index < -0.39 is 34.0 Å². The lowest BCUT2D eigenvalue weighted by Gasteiger charge is -2.37. The topological polar surface area (TPSA) is 70.2 Å². The summed E-state index contributed by atoms with van der Waals surface area (Å²) in [7, 11) is 0. The van der Waals surface area contributed by atoms with Crippen molar-refractivity contribution in [2.75, 3.05) is 18.0 Å². The molecule has 1 heterocycles.